The first-order valence-electron chi connectivity index (χ1n) is 8.09. The van der Waals surface area contributed by atoms with E-state index in [1.165, 1.54) is 50.6 Å². The highest BCUT2D eigenvalue weighted by atomic mass is 14.9. The molecular weight excluding hydrogens is 230 g/mol. The zero-order valence-electron chi connectivity index (χ0n) is 12.1. The van der Waals surface area contributed by atoms with E-state index in [2.05, 4.69) is 42.6 Å². The van der Waals surface area contributed by atoms with Gasteiger partial charge in [-0.25, -0.2) is 0 Å². The summed E-state index contributed by atoms with van der Waals surface area (Å²) in [5, 5.41) is 3.81. The Hall–Kier alpha value is -0.820. The third kappa shape index (κ3) is 3.39. The molecule has 19 heavy (non-hydrogen) atoms. The standard InChI is InChI=1S/C18H27N/c1-14-6-5-7-15(10-14)13-19-18-11-17(12-18)16-8-3-2-4-9-16/h2-4,8-9,14-15,17-19H,5-7,10-13H2,1H3. The summed E-state index contributed by atoms with van der Waals surface area (Å²) in [5.41, 5.74) is 1.53. The third-order valence-corrected chi connectivity index (χ3v) is 5.15. The van der Waals surface area contributed by atoms with Gasteiger partial charge in [-0.05, 0) is 55.5 Å². The second kappa shape index (κ2) is 6.09. The summed E-state index contributed by atoms with van der Waals surface area (Å²) in [6.07, 6.45) is 8.48. The normalized spacial score (nSPS) is 34.8. The summed E-state index contributed by atoms with van der Waals surface area (Å²) in [5.74, 6) is 2.71. The van der Waals surface area contributed by atoms with Gasteiger partial charge in [0.25, 0.3) is 0 Å². The molecule has 2 unspecified atom stereocenters. The lowest BCUT2D eigenvalue weighted by Crippen LogP contribution is -2.42. The highest BCUT2D eigenvalue weighted by molar-refractivity contribution is 5.22. The maximum Gasteiger partial charge on any atom is 0.00788 e. The SMILES string of the molecule is CC1CCCC(CNC2CC(c3ccccc3)C2)C1. The molecule has 1 nitrogen and oxygen atoms in total. The van der Waals surface area contributed by atoms with Crippen LogP contribution in [0.2, 0.25) is 0 Å². The summed E-state index contributed by atoms with van der Waals surface area (Å²) in [6, 6.07) is 11.8. The fraction of sp³-hybridized carbons (Fsp3) is 0.667. The Labute approximate surface area is 117 Å². The lowest BCUT2D eigenvalue weighted by atomic mass is 9.75. The number of rotatable bonds is 4. The molecule has 0 bridgehead atoms. The van der Waals surface area contributed by atoms with Gasteiger partial charge >= 0.3 is 0 Å². The summed E-state index contributed by atoms with van der Waals surface area (Å²) >= 11 is 0. The first kappa shape index (κ1) is 13.2. The van der Waals surface area contributed by atoms with Gasteiger partial charge in [-0.1, -0.05) is 50.1 Å². The van der Waals surface area contributed by atoms with E-state index >= 15 is 0 Å². The maximum absolute atomic E-state index is 3.81. The van der Waals surface area contributed by atoms with Crippen LogP contribution in [-0.2, 0) is 0 Å². The largest absolute Gasteiger partial charge is 0.314 e. The first-order chi connectivity index (χ1) is 9.31. The Bertz CT molecular complexity index is 380. The van der Waals surface area contributed by atoms with E-state index in [0.717, 1.165) is 23.8 Å². The number of nitrogens with one attached hydrogen (secondary N) is 1. The fourth-order valence-electron chi connectivity index (χ4n) is 3.86. The second-order valence-corrected chi connectivity index (χ2v) is 6.82. The van der Waals surface area contributed by atoms with E-state index in [-0.39, 0.29) is 0 Å². The van der Waals surface area contributed by atoms with Crippen LogP contribution in [0, 0.1) is 11.8 Å². The highest BCUT2D eigenvalue weighted by Gasteiger charge is 2.30. The van der Waals surface area contributed by atoms with Gasteiger partial charge in [0.15, 0.2) is 0 Å². The molecule has 2 aliphatic rings. The molecule has 2 aliphatic carbocycles. The van der Waals surface area contributed by atoms with Crippen molar-refractivity contribution in [3.8, 4) is 0 Å². The van der Waals surface area contributed by atoms with Crippen molar-refractivity contribution in [1.82, 2.24) is 5.32 Å². The molecule has 0 heterocycles. The van der Waals surface area contributed by atoms with Crippen molar-refractivity contribution in [2.45, 2.75) is 57.4 Å². The van der Waals surface area contributed by atoms with E-state index in [4.69, 9.17) is 0 Å². The molecule has 0 saturated heterocycles. The molecule has 1 aromatic rings. The lowest BCUT2D eigenvalue weighted by molar-refractivity contribution is 0.232. The van der Waals surface area contributed by atoms with Crippen LogP contribution in [0.5, 0.6) is 0 Å². The van der Waals surface area contributed by atoms with E-state index in [1.54, 1.807) is 0 Å². The Balaban J connectivity index is 1.38. The van der Waals surface area contributed by atoms with Gasteiger partial charge in [0, 0.05) is 6.04 Å². The Morgan fingerprint density at radius 3 is 2.58 bits per heavy atom. The Morgan fingerprint density at radius 2 is 1.84 bits per heavy atom. The molecule has 2 atom stereocenters. The van der Waals surface area contributed by atoms with Crippen LogP contribution < -0.4 is 5.32 Å². The number of hydrogen-bond donors (Lipinski definition) is 1. The average Bonchev–Trinajstić information content (AvgIpc) is 2.38. The molecule has 1 N–H and O–H groups in total. The van der Waals surface area contributed by atoms with Gasteiger partial charge < -0.3 is 5.32 Å². The van der Waals surface area contributed by atoms with Crippen molar-refractivity contribution in [2.24, 2.45) is 11.8 Å². The highest BCUT2D eigenvalue weighted by Crippen LogP contribution is 2.37. The molecule has 0 aromatic heterocycles. The van der Waals surface area contributed by atoms with Crippen LogP contribution in [0.25, 0.3) is 0 Å². The predicted octanol–water partition coefficient (Wildman–Crippen LogP) is 4.35. The van der Waals surface area contributed by atoms with Crippen LogP contribution in [0.4, 0.5) is 0 Å². The Morgan fingerprint density at radius 1 is 1.05 bits per heavy atom. The van der Waals surface area contributed by atoms with E-state index in [9.17, 15) is 0 Å². The second-order valence-electron chi connectivity index (χ2n) is 6.82. The van der Waals surface area contributed by atoms with Crippen LogP contribution in [-0.4, -0.2) is 12.6 Å². The van der Waals surface area contributed by atoms with Gasteiger partial charge in [-0.15, -0.1) is 0 Å². The molecule has 104 valence electrons. The zero-order valence-corrected chi connectivity index (χ0v) is 12.1. The first-order valence-corrected chi connectivity index (χ1v) is 8.09. The minimum Gasteiger partial charge on any atom is -0.314 e. The molecule has 2 saturated carbocycles. The van der Waals surface area contributed by atoms with Gasteiger partial charge in [0.2, 0.25) is 0 Å². The smallest absolute Gasteiger partial charge is 0.00788 e. The van der Waals surface area contributed by atoms with Crippen molar-refractivity contribution in [2.75, 3.05) is 6.54 Å². The van der Waals surface area contributed by atoms with E-state index in [0.29, 0.717) is 0 Å². The van der Waals surface area contributed by atoms with Gasteiger partial charge in [-0.2, -0.15) is 0 Å². The average molecular weight is 257 g/mol. The molecule has 1 heteroatoms. The van der Waals surface area contributed by atoms with E-state index in [1.807, 2.05) is 0 Å². The number of benzene rings is 1. The summed E-state index contributed by atoms with van der Waals surface area (Å²) in [6.45, 7) is 3.68. The van der Waals surface area contributed by atoms with Gasteiger partial charge in [0.1, 0.15) is 0 Å². The molecule has 0 aliphatic heterocycles. The van der Waals surface area contributed by atoms with Crippen molar-refractivity contribution >= 4 is 0 Å². The minimum absolute atomic E-state index is 0.780. The van der Waals surface area contributed by atoms with Crippen molar-refractivity contribution in [1.29, 1.82) is 0 Å². The van der Waals surface area contributed by atoms with E-state index < -0.39 is 0 Å². The fourth-order valence-corrected chi connectivity index (χ4v) is 3.86. The minimum atomic E-state index is 0.780. The van der Waals surface area contributed by atoms with Crippen LogP contribution in [0.3, 0.4) is 0 Å². The summed E-state index contributed by atoms with van der Waals surface area (Å²) in [4.78, 5) is 0. The van der Waals surface area contributed by atoms with Gasteiger partial charge in [-0.3, -0.25) is 0 Å². The summed E-state index contributed by atoms with van der Waals surface area (Å²) < 4.78 is 0. The summed E-state index contributed by atoms with van der Waals surface area (Å²) in [7, 11) is 0. The number of hydrogen-bond acceptors (Lipinski definition) is 1. The topological polar surface area (TPSA) is 12.0 Å². The molecule has 2 fully saturated rings. The monoisotopic (exact) mass is 257 g/mol. The molecule has 1 aromatic carbocycles. The molecule has 0 amide bonds. The Kier molecular flexibility index (Phi) is 4.22. The lowest BCUT2D eigenvalue weighted by Gasteiger charge is -2.38. The van der Waals surface area contributed by atoms with Crippen molar-refractivity contribution in [3.05, 3.63) is 35.9 Å². The zero-order chi connectivity index (χ0) is 13.1. The molecular formula is C18H27N. The molecule has 0 radical (unpaired) electrons. The quantitative estimate of drug-likeness (QED) is 0.845. The van der Waals surface area contributed by atoms with Crippen LogP contribution in [0.1, 0.15) is 56.9 Å². The predicted molar refractivity (Wildman–Crippen MR) is 81.3 cm³/mol. The van der Waals surface area contributed by atoms with Crippen LogP contribution >= 0.6 is 0 Å². The maximum atomic E-state index is 3.81. The van der Waals surface area contributed by atoms with Gasteiger partial charge in [0.05, 0.1) is 0 Å². The third-order valence-electron chi connectivity index (χ3n) is 5.15. The van der Waals surface area contributed by atoms with Crippen molar-refractivity contribution in [3.63, 3.8) is 0 Å². The molecule has 3 rings (SSSR count). The van der Waals surface area contributed by atoms with Crippen LogP contribution in [0.15, 0.2) is 30.3 Å². The van der Waals surface area contributed by atoms with Crippen molar-refractivity contribution < 1.29 is 0 Å². The molecule has 0 spiro atoms.